The zero-order valence-electron chi connectivity index (χ0n) is 17.6. The van der Waals surface area contributed by atoms with Gasteiger partial charge in [0.15, 0.2) is 0 Å². The molecule has 0 fully saturated rings. The molecule has 3 aromatic rings. The monoisotopic (exact) mass is 425 g/mol. The van der Waals surface area contributed by atoms with Crippen molar-refractivity contribution in [1.82, 2.24) is 9.55 Å². The number of benzene rings is 1. The van der Waals surface area contributed by atoms with Crippen molar-refractivity contribution in [2.75, 3.05) is 7.11 Å². The third-order valence-corrected chi connectivity index (χ3v) is 7.13. The molecule has 158 valence electrons. The van der Waals surface area contributed by atoms with E-state index in [-0.39, 0.29) is 5.56 Å². The summed E-state index contributed by atoms with van der Waals surface area (Å²) in [5.74, 6) is 1.45. The molecule has 1 aromatic carbocycles. The van der Waals surface area contributed by atoms with Gasteiger partial charge in [-0.2, -0.15) is 0 Å². The van der Waals surface area contributed by atoms with Gasteiger partial charge in [0.2, 0.25) is 5.91 Å². The van der Waals surface area contributed by atoms with E-state index < -0.39 is 11.9 Å². The Morgan fingerprint density at radius 1 is 1.37 bits per heavy atom. The summed E-state index contributed by atoms with van der Waals surface area (Å²) in [6.07, 6.45) is 3.83. The lowest BCUT2D eigenvalue weighted by Crippen LogP contribution is -2.36. The molecule has 2 aromatic heterocycles. The van der Waals surface area contributed by atoms with E-state index in [1.54, 1.807) is 23.0 Å². The molecule has 7 heteroatoms. The van der Waals surface area contributed by atoms with E-state index in [0.717, 1.165) is 41.0 Å². The van der Waals surface area contributed by atoms with Gasteiger partial charge in [-0.05, 0) is 54.9 Å². The van der Waals surface area contributed by atoms with Gasteiger partial charge in [0.05, 0.1) is 12.5 Å². The van der Waals surface area contributed by atoms with Gasteiger partial charge in [-0.1, -0.05) is 26.0 Å². The number of nitrogens with zero attached hydrogens (tertiary/aromatic N) is 2. The first kappa shape index (κ1) is 20.6. The molecule has 0 saturated heterocycles. The third kappa shape index (κ3) is 3.62. The van der Waals surface area contributed by atoms with Crippen LogP contribution >= 0.6 is 11.3 Å². The Morgan fingerprint density at radius 3 is 2.73 bits per heavy atom. The van der Waals surface area contributed by atoms with E-state index in [1.807, 2.05) is 31.2 Å². The number of nitrogens with two attached hydrogens (primary N) is 1. The molecule has 6 nitrogen and oxygen atoms in total. The predicted octanol–water partition coefficient (Wildman–Crippen LogP) is 3.62. The molecule has 2 N–H and O–H groups in total. The van der Waals surface area contributed by atoms with E-state index >= 15 is 0 Å². The van der Waals surface area contributed by atoms with Crippen LogP contribution in [0.3, 0.4) is 0 Å². The number of aromatic nitrogens is 2. The summed E-state index contributed by atoms with van der Waals surface area (Å²) in [5.41, 5.74) is 7.66. The summed E-state index contributed by atoms with van der Waals surface area (Å²) in [4.78, 5) is 32.8. The van der Waals surface area contributed by atoms with E-state index in [0.29, 0.717) is 30.0 Å². The summed E-state index contributed by atoms with van der Waals surface area (Å²) >= 11 is 1.62. The van der Waals surface area contributed by atoms with Gasteiger partial charge in [-0.15, -0.1) is 11.3 Å². The number of hydrogen-bond donors (Lipinski definition) is 1. The van der Waals surface area contributed by atoms with Gasteiger partial charge in [-0.3, -0.25) is 14.2 Å². The second kappa shape index (κ2) is 8.22. The average molecular weight is 426 g/mol. The first-order valence-corrected chi connectivity index (χ1v) is 11.2. The summed E-state index contributed by atoms with van der Waals surface area (Å²) in [5, 5.41) is 0.681. The minimum atomic E-state index is -0.708. The van der Waals surface area contributed by atoms with Crippen LogP contribution in [0.25, 0.3) is 10.2 Å². The molecular weight excluding hydrogens is 398 g/mol. The fourth-order valence-corrected chi connectivity index (χ4v) is 5.72. The van der Waals surface area contributed by atoms with Crippen molar-refractivity contribution in [3.05, 3.63) is 56.4 Å². The van der Waals surface area contributed by atoms with Gasteiger partial charge in [-0.25, -0.2) is 4.98 Å². The van der Waals surface area contributed by atoms with Crippen LogP contribution in [0.5, 0.6) is 5.75 Å². The highest BCUT2D eigenvalue weighted by molar-refractivity contribution is 7.18. The van der Waals surface area contributed by atoms with Gasteiger partial charge in [0.1, 0.15) is 22.4 Å². The van der Waals surface area contributed by atoms with E-state index in [9.17, 15) is 9.59 Å². The molecule has 0 saturated carbocycles. The first-order valence-electron chi connectivity index (χ1n) is 10.4. The van der Waals surface area contributed by atoms with Crippen molar-refractivity contribution in [3.63, 3.8) is 0 Å². The lowest BCUT2D eigenvalue weighted by atomic mass is 9.89. The quantitative estimate of drug-likeness (QED) is 0.653. The number of thiophene rings is 1. The predicted molar refractivity (Wildman–Crippen MR) is 119 cm³/mol. The van der Waals surface area contributed by atoms with E-state index in [2.05, 4.69) is 6.92 Å². The Morgan fingerprint density at radius 2 is 2.10 bits per heavy atom. The molecule has 2 heterocycles. The summed E-state index contributed by atoms with van der Waals surface area (Å²) in [6, 6.07) is 6.96. The molecule has 1 aliphatic carbocycles. The van der Waals surface area contributed by atoms with Crippen LogP contribution in [0.4, 0.5) is 0 Å². The van der Waals surface area contributed by atoms with Crippen LogP contribution in [-0.2, 0) is 24.1 Å². The molecular formula is C23H27N3O3S. The van der Waals surface area contributed by atoms with Gasteiger partial charge < -0.3 is 10.5 Å². The van der Waals surface area contributed by atoms with Crippen LogP contribution in [0.2, 0.25) is 0 Å². The minimum absolute atomic E-state index is 0.138. The molecule has 2 atom stereocenters. The van der Waals surface area contributed by atoms with Gasteiger partial charge >= 0.3 is 0 Å². The molecule has 1 amide bonds. The molecule has 30 heavy (non-hydrogen) atoms. The normalized spacial score (nSPS) is 17.0. The Balaban J connectivity index is 1.90. The Labute approximate surface area is 179 Å². The van der Waals surface area contributed by atoms with Gasteiger partial charge in [0, 0.05) is 11.3 Å². The minimum Gasteiger partial charge on any atom is -0.497 e. The number of fused-ring (bicyclic) bond motifs is 3. The molecule has 0 aliphatic heterocycles. The van der Waals surface area contributed by atoms with Crippen molar-refractivity contribution in [1.29, 1.82) is 0 Å². The maximum atomic E-state index is 13.7. The molecule has 0 spiro atoms. The Bertz CT molecular complexity index is 1150. The number of aryl methyl sites for hydroxylation is 1. The number of ether oxygens (including phenoxy) is 1. The number of hydrogen-bond acceptors (Lipinski definition) is 5. The standard InChI is InChI=1S/C23H27N3O3S/c1-4-17(21(24)27)26-19(12-14-6-8-15(29-3)9-7-14)25-22-20(23(26)28)16-10-5-13(2)11-18(16)30-22/h6-9,13,17H,4-5,10-12H2,1-3H3,(H2,24,27). The maximum absolute atomic E-state index is 13.7. The number of primary amides is 1. The first-order chi connectivity index (χ1) is 14.4. The second-order valence-corrected chi connectivity index (χ2v) is 9.17. The molecule has 4 rings (SSSR count). The molecule has 0 bridgehead atoms. The van der Waals surface area contributed by atoms with Crippen LogP contribution in [0, 0.1) is 5.92 Å². The summed E-state index contributed by atoms with van der Waals surface area (Å²) < 4.78 is 6.77. The zero-order chi connectivity index (χ0) is 21.4. The van der Waals surface area contributed by atoms with Gasteiger partial charge in [0.25, 0.3) is 5.56 Å². The van der Waals surface area contributed by atoms with E-state index in [4.69, 9.17) is 15.5 Å². The van der Waals surface area contributed by atoms with Crippen molar-refractivity contribution in [2.24, 2.45) is 11.7 Å². The van der Waals surface area contributed by atoms with Crippen LogP contribution in [0.15, 0.2) is 29.1 Å². The number of rotatable bonds is 6. The summed E-state index contributed by atoms with van der Waals surface area (Å²) in [6.45, 7) is 4.11. The van der Waals surface area contributed by atoms with Crippen molar-refractivity contribution < 1.29 is 9.53 Å². The van der Waals surface area contributed by atoms with Crippen LogP contribution in [0.1, 0.15) is 54.6 Å². The second-order valence-electron chi connectivity index (χ2n) is 8.09. The Hall–Kier alpha value is -2.67. The highest BCUT2D eigenvalue weighted by Crippen LogP contribution is 2.36. The SMILES string of the molecule is CCC(C(N)=O)n1c(Cc2ccc(OC)cc2)nc2sc3c(c2c1=O)CCC(C)C3. The number of carbonyl (C=O) groups excluding carboxylic acids is 1. The Kier molecular flexibility index (Phi) is 5.64. The largest absolute Gasteiger partial charge is 0.497 e. The van der Waals surface area contributed by atoms with E-state index in [1.165, 1.54) is 4.88 Å². The highest BCUT2D eigenvalue weighted by Gasteiger charge is 2.28. The van der Waals surface area contributed by atoms with Crippen molar-refractivity contribution in [2.45, 2.75) is 52.0 Å². The molecule has 1 aliphatic rings. The van der Waals surface area contributed by atoms with Crippen molar-refractivity contribution in [3.8, 4) is 5.75 Å². The lowest BCUT2D eigenvalue weighted by molar-refractivity contribution is -0.121. The van der Waals surface area contributed by atoms with Crippen molar-refractivity contribution >= 4 is 27.5 Å². The number of methoxy groups -OCH3 is 1. The topological polar surface area (TPSA) is 87.2 Å². The van der Waals surface area contributed by atoms with Crippen LogP contribution in [-0.4, -0.2) is 22.6 Å². The number of carbonyl (C=O) groups is 1. The van der Waals surface area contributed by atoms with Crippen LogP contribution < -0.4 is 16.0 Å². The fourth-order valence-electron chi connectivity index (χ4n) is 4.33. The summed E-state index contributed by atoms with van der Waals surface area (Å²) in [7, 11) is 1.63. The molecule has 2 unspecified atom stereocenters. The third-order valence-electron chi connectivity index (χ3n) is 5.98. The molecule has 0 radical (unpaired) electrons. The average Bonchev–Trinajstić information content (AvgIpc) is 3.08. The highest BCUT2D eigenvalue weighted by atomic mass is 32.1. The number of amides is 1. The fraction of sp³-hybridized carbons (Fsp3) is 0.435. The zero-order valence-corrected chi connectivity index (χ0v) is 18.4. The smallest absolute Gasteiger partial charge is 0.263 e. The maximum Gasteiger partial charge on any atom is 0.263 e. The lowest BCUT2D eigenvalue weighted by Gasteiger charge is -2.20.